The lowest BCUT2D eigenvalue weighted by atomic mass is 9.98. The van der Waals surface area contributed by atoms with Gasteiger partial charge in [0.1, 0.15) is 24.3 Å². The number of carbonyl (C=O) groups is 6. The highest BCUT2D eigenvalue weighted by Crippen LogP contribution is 2.30. The Balaban J connectivity index is 0.841. The van der Waals surface area contributed by atoms with Gasteiger partial charge in [0.15, 0.2) is 0 Å². The zero-order valence-corrected chi connectivity index (χ0v) is 41.3. The van der Waals surface area contributed by atoms with Gasteiger partial charge in [-0.05, 0) is 111 Å². The molecule has 4 aromatic carbocycles. The van der Waals surface area contributed by atoms with Gasteiger partial charge in [0.25, 0.3) is 5.91 Å². The van der Waals surface area contributed by atoms with Crippen LogP contribution >= 0.6 is 0 Å². The van der Waals surface area contributed by atoms with Crippen molar-refractivity contribution in [3.8, 4) is 0 Å². The van der Waals surface area contributed by atoms with Crippen molar-refractivity contribution >= 4 is 35.5 Å². The van der Waals surface area contributed by atoms with E-state index in [0.29, 0.717) is 63.8 Å². The number of hydrogen-bond donors (Lipinski definition) is 0. The number of ether oxygens (including phenoxy) is 3. The van der Waals surface area contributed by atoms with Crippen molar-refractivity contribution in [3.05, 3.63) is 143 Å². The number of likely N-dealkylation sites (tertiary alicyclic amines) is 2. The molecule has 0 aromatic heterocycles. The van der Waals surface area contributed by atoms with E-state index in [4.69, 9.17) is 14.2 Å². The van der Waals surface area contributed by atoms with Gasteiger partial charge in [-0.15, -0.1) is 0 Å². The summed E-state index contributed by atoms with van der Waals surface area (Å²) in [6.07, 6.45) is 15.7. The zero-order valence-electron chi connectivity index (χ0n) is 41.3. The van der Waals surface area contributed by atoms with E-state index in [1.54, 1.807) is 23.1 Å². The molecule has 11 heteroatoms. The van der Waals surface area contributed by atoms with Crippen LogP contribution in [-0.4, -0.2) is 77.1 Å². The second kappa shape index (κ2) is 29.2. The Morgan fingerprint density at radius 2 is 1.00 bits per heavy atom. The Kier molecular flexibility index (Phi) is 22.2. The third-order valence-electron chi connectivity index (χ3n) is 13.7. The topological polar surface area (TPSA) is 137 Å². The van der Waals surface area contributed by atoms with Gasteiger partial charge in [0.2, 0.25) is 11.7 Å². The first-order chi connectivity index (χ1) is 34.2. The Labute approximate surface area is 415 Å². The van der Waals surface area contributed by atoms with Crippen LogP contribution in [0.4, 0.5) is 0 Å². The van der Waals surface area contributed by atoms with Gasteiger partial charge in [0.05, 0.1) is 12.2 Å². The second-order valence-corrected chi connectivity index (χ2v) is 19.0. The van der Waals surface area contributed by atoms with Crippen LogP contribution in [-0.2, 0) is 51.0 Å². The maximum atomic E-state index is 13.7. The number of unbranched alkanes of at least 4 members (excludes halogenated alkanes) is 9. The summed E-state index contributed by atoms with van der Waals surface area (Å²) >= 11 is 0. The Hall–Kier alpha value is -6.10. The average Bonchev–Trinajstić information content (AvgIpc) is 3.40. The molecule has 6 rings (SSSR count). The molecule has 11 nitrogen and oxygen atoms in total. The summed E-state index contributed by atoms with van der Waals surface area (Å²) < 4.78 is 17.9. The van der Waals surface area contributed by atoms with Crippen molar-refractivity contribution in [2.75, 3.05) is 19.7 Å². The van der Waals surface area contributed by atoms with Crippen molar-refractivity contribution < 1.29 is 43.0 Å². The molecule has 2 fully saturated rings. The number of hydrogen-bond acceptors (Lipinski definition) is 9. The molecule has 2 aliphatic heterocycles. The summed E-state index contributed by atoms with van der Waals surface area (Å²) in [6, 6.07) is 35.6. The second-order valence-electron chi connectivity index (χ2n) is 19.0. The first kappa shape index (κ1) is 53.3. The molecule has 4 atom stereocenters. The minimum atomic E-state index is -0.754. The highest BCUT2D eigenvalue weighted by Gasteiger charge is 2.37. The van der Waals surface area contributed by atoms with Gasteiger partial charge in [-0.25, -0.2) is 14.4 Å². The first-order valence-corrected chi connectivity index (χ1v) is 26.1. The SMILES string of the molecule is CC(=O)N1CCCCC1C(=O)O[C@H](CCc1ccccc1)c1cccc(C(=O)OCCCCCCCCCCCCC(=O)C(=O)N2CCCCC2C(=O)OC(CCc2ccccc2)c2ccccc2)c1. The quantitative estimate of drug-likeness (QED) is 0.0248. The number of carbonyl (C=O) groups excluding carboxylic acids is 6. The van der Waals surface area contributed by atoms with Crippen molar-refractivity contribution in [3.63, 3.8) is 0 Å². The maximum absolute atomic E-state index is 13.7. The number of rotatable bonds is 27. The molecule has 0 spiro atoms. The summed E-state index contributed by atoms with van der Waals surface area (Å²) in [7, 11) is 0. The van der Waals surface area contributed by atoms with E-state index in [-0.39, 0.29) is 12.3 Å². The number of esters is 3. The van der Waals surface area contributed by atoms with Crippen LogP contribution in [0, 0.1) is 0 Å². The molecule has 70 heavy (non-hydrogen) atoms. The molecule has 2 amide bonds. The molecule has 2 aliphatic rings. The molecule has 0 bridgehead atoms. The van der Waals surface area contributed by atoms with E-state index in [9.17, 15) is 28.8 Å². The van der Waals surface area contributed by atoms with E-state index >= 15 is 0 Å². The highest BCUT2D eigenvalue weighted by molar-refractivity contribution is 6.36. The molecule has 0 radical (unpaired) electrons. The van der Waals surface area contributed by atoms with E-state index in [0.717, 1.165) is 112 Å². The predicted octanol–water partition coefficient (Wildman–Crippen LogP) is 11.6. The minimum absolute atomic E-state index is 0.132. The number of Topliss-reactive ketones (excluding diaryl/α,β-unsaturated/α-hetero) is 1. The Bertz CT molecular complexity index is 2250. The summed E-state index contributed by atoms with van der Waals surface area (Å²) in [4.78, 5) is 82.3. The third kappa shape index (κ3) is 17.1. The van der Waals surface area contributed by atoms with E-state index in [1.165, 1.54) is 11.8 Å². The van der Waals surface area contributed by atoms with Crippen LogP contribution in [0.2, 0.25) is 0 Å². The Morgan fingerprint density at radius 3 is 1.56 bits per heavy atom. The molecule has 2 heterocycles. The van der Waals surface area contributed by atoms with Gasteiger partial charge < -0.3 is 24.0 Å². The molecule has 0 aliphatic carbocycles. The van der Waals surface area contributed by atoms with Crippen LogP contribution in [0.5, 0.6) is 0 Å². The third-order valence-corrected chi connectivity index (χ3v) is 13.7. The largest absolute Gasteiger partial charge is 0.462 e. The number of nitrogens with zero attached hydrogens (tertiary/aromatic N) is 2. The maximum Gasteiger partial charge on any atom is 0.338 e. The van der Waals surface area contributed by atoms with Gasteiger partial charge in [-0.3, -0.25) is 14.4 Å². The molecule has 0 saturated carbocycles. The Morgan fingerprint density at radius 1 is 0.529 bits per heavy atom. The molecule has 0 N–H and O–H groups in total. The fourth-order valence-corrected chi connectivity index (χ4v) is 9.73. The summed E-state index contributed by atoms with van der Waals surface area (Å²) in [5.41, 5.74) is 4.32. The lowest BCUT2D eigenvalue weighted by Gasteiger charge is -2.34. The van der Waals surface area contributed by atoms with Gasteiger partial charge in [-0.1, -0.05) is 154 Å². The smallest absolute Gasteiger partial charge is 0.338 e. The minimum Gasteiger partial charge on any atom is -0.462 e. The molecule has 2 saturated heterocycles. The van der Waals surface area contributed by atoms with Gasteiger partial charge in [0, 0.05) is 26.4 Å². The highest BCUT2D eigenvalue weighted by atomic mass is 16.6. The van der Waals surface area contributed by atoms with Crippen molar-refractivity contribution in [2.24, 2.45) is 0 Å². The van der Waals surface area contributed by atoms with E-state index in [2.05, 4.69) is 12.1 Å². The standard InChI is InChI=1S/C59H74N2O9/c1-45(62)60-41-22-20-34-51(60)58(66)70-55(40-38-47-28-15-11-16-29-47)49-32-25-33-50(44-49)57(65)68-43-24-9-7-5-3-2-4-6-8-19-36-53(63)56(64)61-42-23-21-35-52(61)59(67)69-54(48-30-17-12-18-31-48)39-37-46-26-13-10-14-27-46/h10-18,25-33,44,51-52,54-55H,2-9,19-24,34-43H2,1H3/t51?,52?,54?,55-/m1/s1. The lowest BCUT2D eigenvalue weighted by molar-refractivity contribution is -0.163. The van der Waals surface area contributed by atoms with Crippen molar-refractivity contribution in [1.82, 2.24) is 9.80 Å². The van der Waals surface area contributed by atoms with Gasteiger partial charge >= 0.3 is 17.9 Å². The number of piperidine rings is 2. The van der Waals surface area contributed by atoms with Crippen LogP contribution in [0.1, 0.15) is 174 Å². The van der Waals surface area contributed by atoms with Crippen LogP contribution in [0.3, 0.4) is 0 Å². The fraction of sp³-hybridized carbons (Fsp3) is 0.492. The molecule has 3 unspecified atom stereocenters. The summed E-state index contributed by atoms with van der Waals surface area (Å²) in [5, 5.41) is 0. The molecular formula is C59H74N2O9. The van der Waals surface area contributed by atoms with Crippen molar-refractivity contribution in [2.45, 2.75) is 166 Å². The molecule has 4 aromatic rings. The summed E-state index contributed by atoms with van der Waals surface area (Å²) in [5.74, 6) is -2.38. The van der Waals surface area contributed by atoms with E-state index < -0.39 is 53.9 Å². The summed E-state index contributed by atoms with van der Waals surface area (Å²) in [6.45, 7) is 2.74. The average molecular weight is 955 g/mol. The van der Waals surface area contributed by atoms with Crippen LogP contribution < -0.4 is 0 Å². The first-order valence-electron chi connectivity index (χ1n) is 26.1. The van der Waals surface area contributed by atoms with Crippen molar-refractivity contribution in [1.29, 1.82) is 0 Å². The molecule has 374 valence electrons. The normalized spacial score (nSPS) is 16.7. The van der Waals surface area contributed by atoms with Crippen LogP contribution in [0.15, 0.2) is 115 Å². The number of aryl methyl sites for hydroxylation is 2. The number of amides is 2. The van der Waals surface area contributed by atoms with E-state index in [1.807, 2.05) is 84.9 Å². The van der Waals surface area contributed by atoms with Crippen LogP contribution in [0.25, 0.3) is 0 Å². The monoisotopic (exact) mass is 955 g/mol. The number of ketones is 1. The lowest BCUT2D eigenvalue weighted by Crippen LogP contribution is -2.51. The zero-order chi connectivity index (χ0) is 49.3. The predicted molar refractivity (Wildman–Crippen MR) is 271 cm³/mol. The fourth-order valence-electron chi connectivity index (χ4n) is 9.73. The number of benzene rings is 4. The van der Waals surface area contributed by atoms with Gasteiger partial charge in [-0.2, -0.15) is 0 Å². The molecular weight excluding hydrogens is 881 g/mol.